The Morgan fingerprint density at radius 3 is 2.44 bits per heavy atom. The summed E-state index contributed by atoms with van der Waals surface area (Å²) in [7, 11) is -4.01. The van der Waals surface area contributed by atoms with Crippen LogP contribution in [0.4, 0.5) is 28.4 Å². The molecule has 2 aromatic carbocycles. The molecule has 1 saturated heterocycles. The van der Waals surface area contributed by atoms with E-state index in [0.29, 0.717) is 8.95 Å². The third kappa shape index (κ3) is 8.82. The highest BCUT2D eigenvalue weighted by Crippen LogP contribution is 2.31. The Morgan fingerprint density at radius 2 is 1.79 bits per heavy atom. The molecule has 0 saturated carbocycles. The summed E-state index contributed by atoms with van der Waals surface area (Å²) >= 11 is 6.47. The minimum atomic E-state index is -4.59. The first-order valence-corrected chi connectivity index (χ1v) is 14.6. The number of carbonyl (C=O) groups excluding carboxylic acids is 2. The summed E-state index contributed by atoms with van der Waals surface area (Å²) < 4.78 is 79.1. The number of anilines is 1. The van der Waals surface area contributed by atoms with Crippen LogP contribution < -0.4 is 10.0 Å². The van der Waals surface area contributed by atoms with E-state index >= 15 is 0 Å². The number of ether oxygens (including phenoxy) is 2. The van der Waals surface area contributed by atoms with Gasteiger partial charge >= 0.3 is 18.4 Å². The lowest BCUT2D eigenvalue weighted by Crippen LogP contribution is -2.43. The first-order valence-electron chi connectivity index (χ1n) is 11.5. The number of hydrogen-bond acceptors (Lipinski definition) is 6. The lowest BCUT2D eigenvalue weighted by Gasteiger charge is -2.28. The first-order chi connectivity index (χ1) is 17.9. The molecule has 2 N–H and O–H groups in total. The Morgan fingerprint density at radius 1 is 1.10 bits per heavy atom. The number of nitrogens with one attached hydrogen (secondary N) is 2. The highest BCUT2D eigenvalue weighted by molar-refractivity contribution is 9.11. The fourth-order valence-corrected chi connectivity index (χ4v) is 6.51. The van der Waals surface area contributed by atoms with Crippen molar-refractivity contribution in [2.24, 2.45) is 0 Å². The number of alkyl halides is 3. The number of likely N-dealkylation sites (tertiary alicyclic amines) is 1. The molecule has 1 aliphatic heterocycles. The number of amides is 2. The zero-order valence-corrected chi connectivity index (χ0v) is 25.0. The van der Waals surface area contributed by atoms with Crippen molar-refractivity contribution in [2.75, 3.05) is 18.5 Å². The maximum absolute atomic E-state index is 13.1. The number of hydrogen-bond donors (Lipinski definition) is 2. The molecular weight excluding hydrogens is 675 g/mol. The molecule has 3 rings (SSSR count). The smallest absolute Gasteiger partial charge is 0.416 e. The Kier molecular flexibility index (Phi) is 9.61. The second kappa shape index (κ2) is 12.0. The van der Waals surface area contributed by atoms with Crippen molar-refractivity contribution in [1.29, 1.82) is 0 Å². The average molecular weight is 701 g/mol. The quantitative estimate of drug-likeness (QED) is 0.375. The van der Waals surface area contributed by atoms with Crippen LogP contribution in [0.1, 0.15) is 32.8 Å². The Bertz CT molecular complexity index is 1340. The number of rotatable bonds is 6. The largest absolute Gasteiger partial charge is 0.447 e. The summed E-state index contributed by atoms with van der Waals surface area (Å²) in [4.78, 5) is 26.4. The summed E-state index contributed by atoms with van der Waals surface area (Å²) in [6.07, 6.45) is -6.28. The number of carbonyl (C=O) groups is 2. The average Bonchev–Trinajstić information content (AvgIpc) is 3.20. The maximum atomic E-state index is 13.1. The summed E-state index contributed by atoms with van der Waals surface area (Å²) in [6.45, 7) is 4.58. The Hall–Kier alpha value is -2.36. The predicted molar refractivity (Wildman–Crippen MR) is 144 cm³/mol. The summed E-state index contributed by atoms with van der Waals surface area (Å²) in [5.41, 5.74) is -1.92. The third-order valence-corrected chi connectivity index (χ3v) is 8.40. The van der Waals surface area contributed by atoms with Crippen LogP contribution in [0.5, 0.6) is 0 Å². The van der Waals surface area contributed by atoms with Crippen molar-refractivity contribution in [3.8, 4) is 0 Å². The van der Waals surface area contributed by atoms with Crippen LogP contribution in [-0.2, 0) is 25.7 Å². The van der Waals surface area contributed by atoms with Crippen LogP contribution in [-0.4, -0.2) is 56.3 Å². The van der Waals surface area contributed by atoms with Gasteiger partial charge in [-0.1, -0.05) is 22.0 Å². The van der Waals surface area contributed by atoms with E-state index < -0.39 is 51.6 Å². The van der Waals surface area contributed by atoms with Gasteiger partial charge in [0.05, 0.1) is 16.5 Å². The van der Waals surface area contributed by atoms with Gasteiger partial charge in [0.15, 0.2) is 0 Å². The molecule has 39 heavy (non-hydrogen) atoms. The van der Waals surface area contributed by atoms with Gasteiger partial charge in [0.25, 0.3) is 0 Å². The topological polar surface area (TPSA) is 114 Å². The minimum Gasteiger partial charge on any atom is -0.447 e. The van der Waals surface area contributed by atoms with Crippen LogP contribution in [0, 0.1) is 0 Å². The second-order valence-corrected chi connectivity index (χ2v) is 13.2. The van der Waals surface area contributed by atoms with E-state index in [4.69, 9.17) is 9.47 Å². The molecule has 1 aliphatic rings. The van der Waals surface area contributed by atoms with Crippen LogP contribution in [0.15, 0.2) is 56.3 Å². The molecule has 1 heterocycles. The van der Waals surface area contributed by atoms with Crippen molar-refractivity contribution in [2.45, 2.75) is 55.9 Å². The molecule has 2 atom stereocenters. The van der Waals surface area contributed by atoms with Gasteiger partial charge in [-0.15, -0.1) is 0 Å². The maximum Gasteiger partial charge on any atom is 0.416 e. The van der Waals surface area contributed by atoms with Gasteiger partial charge in [-0.2, -0.15) is 13.2 Å². The predicted octanol–water partition coefficient (Wildman–Crippen LogP) is 6.14. The van der Waals surface area contributed by atoms with Crippen molar-refractivity contribution in [1.82, 2.24) is 9.62 Å². The van der Waals surface area contributed by atoms with E-state index in [-0.39, 0.29) is 30.2 Å². The van der Waals surface area contributed by atoms with E-state index in [2.05, 4.69) is 41.9 Å². The fourth-order valence-electron chi connectivity index (χ4n) is 3.77. The first kappa shape index (κ1) is 31.2. The zero-order chi connectivity index (χ0) is 29.2. The van der Waals surface area contributed by atoms with Gasteiger partial charge in [-0.25, -0.2) is 22.7 Å². The number of nitrogens with zero attached hydrogens (tertiary/aromatic N) is 1. The third-order valence-electron chi connectivity index (χ3n) is 5.39. The molecule has 214 valence electrons. The second-order valence-electron chi connectivity index (χ2n) is 9.72. The normalized spacial score (nSPS) is 18.1. The SMILES string of the molecule is CC(C)(C)OC(=O)N1C[C@H](NS(=O)(=O)c2cc(Br)ccc2Br)C[C@@H]1COC(=O)Nc1cccc(C(F)(F)F)c1. The van der Waals surface area contributed by atoms with Gasteiger partial charge in [-0.3, -0.25) is 5.32 Å². The highest BCUT2D eigenvalue weighted by Gasteiger charge is 2.40. The molecule has 0 bridgehead atoms. The molecular formula is C24H26Br2F3N3O6S. The zero-order valence-electron chi connectivity index (χ0n) is 21.0. The van der Waals surface area contributed by atoms with Crippen molar-refractivity contribution >= 4 is 59.8 Å². The lowest BCUT2D eigenvalue weighted by molar-refractivity contribution is -0.137. The van der Waals surface area contributed by atoms with Gasteiger partial charge in [-0.05, 0) is 79.5 Å². The van der Waals surface area contributed by atoms with E-state index in [0.717, 1.165) is 18.2 Å². The van der Waals surface area contributed by atoms with Gasteiger partial charge in [0, 0.05) is 27.2 Å². The summed E-state index contributed by atoms with van der Waals surface area (Å²) in [6, 6.07) is 7.17. The van der Waals surface area contributed by atoms with E-state index in [9.17, 15) is 31.2 Å². The molecule has 0 unspecified atom stereocenters. The Labute approximate surface area is 240 Å². The van der Waals surface area contributed by atoms with Gasteiger partial charge < -0.3 is 14.4 Å². The fraction of sp³-hybridized carbons (Fsp3) is 0.417. The monoisotopic (exact) mass is 699 g/mol. The molecule has 15 heteroatoms. The van der Waals surface area contributed by atoms with Crippen LogP contribution in [0.3, 0.4) is 0 Å². The molecule has 2 amide bonds. The summed E-state index contributed by atoms with van der Waals surface area (Å²) in [5.74, 6) is 0. The van der Waals surface area contributed by atoms with Crippen molar-refractivity contribution in [3.63, 3.8) is 0 Å². The summed E-state index contributed by atoms with van der Waals surface area (Å²) in [5, 5.41) is 2.23. The molecule has 2 aromatic rings. The van der Waals surface area contributed by atoms with Crippen LogP contribution >= 0.6 is 31.9 Å². The van der Waals surface area contributed by atoms with Crippen LogP contribution in [0.2, 0.25) is 0 Å². The lowest BCUT2D eigenvalue weighted by atomic mass is 10.2. The highest BCUT2D eigenvalue weighted by atomic mass is 79.9. The van der Waals surface area contributed by atoms with Crippen LogP contribution in [0.25, 0.3) is 0 Å². The van der Waals surface area contributed by atoms with Crippen molar-refractivity contribution < 1.29 is 40.7 Å². The van der Waals surface area contributed by atoms with E-state index in [1.807, 2.05) is 0 Å². The molecule has 0 spiro atoms. The van der Waals surface area contributed by atoms with Crippen molar-refractivity contribution in [3.05, 3.63) is 57.0 Å². The van der Waals surface area contributed by atoms with E-state index in [1.54, 1.807) is 32.9 Å². The molecule has 0 radical (unpaired) electrons. The molecule has 0 aromatic heterocycles. The molecule has 1 fully saturated rings. The van der Waals surface area contributed by atoms with Gasteiger partial charge in [0.2, 0.25) is 10.0 Å². The van der Waals surface area contributed by atoms with Gasteiger partial charge in [0.1, 0.15) is 12.2 Å². The number of benzene rings is 2. The number of sulfonamides is 1. The minimum absolute atomic E-state index is 0.0131. The molecule has 0 aliphatic carbocycles. The molecule has 9 nitrogen and oxygen atoms in total. The standard InChI is InChI=1S/C24H26Br2F3N3O6S/c1-23(2,3)38-22(34)32-12-17(31-39(35,36)20-10-15(25)7-8-19(20)26)11-18(32)13-37-21(33)30-16-6-4-5-14(9-16)24(27,28)29/h4-10,17-18,31H,11-13H2,1-3H3,(H,30,33)/t17-,18-/m1/s1. The number of halogens is 5. The van der Waals surface area contributed by atoms with E-state index in [1.165, 1.54) is 17.0 Å². The Balaban J connectivity index is 1.72.